The number of aromatic nitrogens is 4. The minimum atomic E-state index is -0.185. The summed E-state index contributed by atoms with van der Waals surface area (Å²) >= 11 is 0. The number of nitrogens with zero attached hydrogens (tertiary/aromatic N) is 3. The lowest BCUT2D eigenvalue weighted by molar-refractivity contribution is -0.115. The molecule has 0 aliphatic heterocycles. The van der Waals surface area contributed by atoms with E-state index in [0.717, 1.165) is 22.5 Å². The van der Waals surface area contributed by atoms with Crippen molar-refractivity contribution in [2.45, 2.75) is 34.1 Å². The normalized spacial score (nSPS) is 10.8. The van der Waals surface area contributed by atoms with Gasteiger partial charge in [0.2, 0.25) is 5.91 Å². The smallest absolute Gasteiger partial charge is 0.278 e. The van der Waals surface area contributed by atoms with Crippen LogP contribution >= 0.6 is 0 Å². The van der Waals surface area contributed by atoms with Crippen LogP contribution in [-0.4, -0.2) is 26.2 Å². The molecule has 0 atom stereocenters. The first-order valence-electron chi connectivity index (χ1n) is 7.65. The van der Waals surface area contributed by atoms with Gasteiger partial charge in [0.25, 0.3) is 5.89 Å². The molecule has 0 spiro atoms. The zero-order chi connectivity index (χ0) is 17.3. The van der Waals surface area contributed by atoms with Gasteiger partial charge in [0, 0.05) is 11.4 Å². The Kier molecular flexibility index (Phi) is 4.16. The molecular formula is C17H19N5O2. The summed E-state index contributed by atoms with van der Waals surface area (Å²) in [5.41, 5.74) is 5.52. The molecule has 1 aromatic carbocycles. The molecule has 24 heavy (non-hydrogen) atoms. The highest BCUT2D eigenvalue weighted by Crippen LogP contribution is 2.22. The van der Waals surface area contributed by atoms with Gasteiger partial charge in [0.05, 0.1) is 6.42 Å². The summed E-state index contributed by atoms with van der Waals surface area (Å²) in [6.45, 7) is 7.86. The van der Waals surface area contributed by atoms with Gasteiger partial charge in [-0.05, 0) is 44.9 Å². The molecular weight excluding hydrogens is 306 g/mol. The summed E-state index contributed by atoms with van der Waals surface area (Å²) in [7, 11) is 0. The second-order valence-corrected chi connectivity index (χ2v) is 5.95. The van der Waals surface area contributed by atoms with Gasteiger partial charge in [-0.1, -0.05) is 22.9 Å². The van der Waals surface area contributed by atoms with Crippen molar-refractivity contribution in [2.75, 3.05) is 5.32 Å². The number of hydrogen-bond acceptors (Lipinski definition) is 5. The van der Waals surface area contributed by atoms with Crippen molar-refractivity contribution >= 4 is 11.6 Å². The molecule has 2 N–H and O–H groups in total. The average Bonchev–Trinajstić information content (AvgIpc) is 3.12. The molecule has 0 saturated carbocycles. The first-order valence-corrected chi connectivity index (χ1v) is 7.65. The molecule has 0 fully saturated rings. The van der Waals surface area contributed by atoms with Crippen LogP contribution in [0.4, 0.5) is 5.69 Å². The molecule has 0 bridgehead atoms. The number of carbonyl (C=O) groups excluding carboxylic acids is 1. The Hall–Kier alpha value is -2.96. The quantitative estimate of drug-likeness (QED) is 0.769. The molecule has 0 radical (unpaired) electrons. The molecule has 0 saturated heterocycles. The van der Waals surface area contributed by atoms with Gasteiger partial charge in [-0.15, -0.1) is 0 Å². The van der Waals surface area contributed by atoms with Gasteiger partial charge < -0.3 is 9.84 Å². The first kappa shape index (κ1) is 15.9. The maximum Gasteiger partial charge on any atom is 0.278 e. The van der Waals surface area contributed by atoms with Crippen molar-refractivity contribution < 1.29 is 9.32 Å². The Morgan fingerprint density at radius 2 is 1.88 bits per heavy atom. The minimum absolute atomic E-state index is 0.0413. The van der Waals surface area contributed by atoms with Gasteiger partial charge in [0.1, 0.15) is 0 Å². The van der Waals surface area contributed by atoms with Crippen LogP contribution < -0.4 is 5.32 Å². The standard InChI is InChI=1S/C17H19N5O2/c1-9-5-10(2)16(11(3)6-9)19-15(23)8-14-18-17(24-22-14)13-7-12(4)20-21-13/h5-7H,8H2,1-4H3,(H,19,23)(H,20,21). The minimum Gasteiger partial charge on any atom is -0.332 e. The fourth-order valence-corrected chi connectivity index (χ4v) is 2.66. The molecule has 3 aromatic rings. The third-order valence-corrected chi connectivity index (χ3v) is 3.65. The first-order chi connectivity index (χ1) is 11.4. The highest BCUT2D eigenvalue weighted by molar-refractivity contribution is 5.93. The molecule has 7 nitrogen and oxygen atoms in total. The van der Waals surface area contributed by atoms with E-state index in [1.54, 1.807) is 6.07 Å². The van der Waals surface area contributed by atoms with Crippen molar-refractivity contribution in [1.82, 2.24) is 20.3 Å². The Morgan fingerprint density at radius 1 is 1.17 bits per heavy atom. The van der Waals surface area contributed by atoms with Crippen molar-refractivity contribution in [2.24, 2.45) is 0 Å². The van der Waals surface area contributed by atoms with E-state index in [1.165, 1.54) is 5.56 Å². The van der Waals surface area contributed by atoms with E-state index in [4.69, 9.17) is 4.52 Å². The third kappa shape index (κ3) is 3.34. The number of carbonyl (C=O) groups is 1. The molecule has 7 heteroatoms. The van der Waals surface area contributed by atoms with Crippen LogP contribution in [0.2, 0.25) is 0 Å². The monoisotopic (exact) mass is 325 g/mol. The summed E-state index contributed by atoms with van der Waals surface area (Å²) in [5.74, 6) is 0.436. The number of H-pyrrole nitrogens is 1. The molecule has 2 heterocycles. The molecule has 0 aliphatic carbocycles. The number of anilines is 1. The van der Waals surface area contributed by atoms with Crippen molar-refractivity contribution in [1.29, 1.82) is 0 Å². The summed E-state index contributed by atoms with van der Waals surface area (Å²) < 4.78 is 5.15. The zero-order valence-electron chi connectivity index (χ0n) is 14.1. The summed E-state index contributed by atoms with van der Waals surface area (Å²) in [5, 5.41) is 13.6. The van der Waals surface area contributed by atoms with Crippen molar-refractivity contribution in [3.8, 4) is 11.6 Å². The second-order valence-electron chi connectivity index (χ2n) is 5.95. The van der Waals surface area contributed by atoms with Crippen LogP contribution in [0.15, 0.2) is 22.7 Å². The van der Waals surface area contributed by atoms with E-state index < -0.39 is 0 Å². The van der Waals surface area contributed by atoms with Crippen LogP contribution in [0.3, 0.4) is 0 Å². The number of nitrogens with one attached hydrogen (secondary N) is 2. The predicted molar refractivity (Wildman–Crippen MR) is 89.6 cm³/mol. The Morgan fingerprint density at radius 3 is 2.50 bits per heavy atom. The lowest BCUT2D eigenvalue weighted by Crippen LogP contribution is -2.16. The Balaban J connectivity index is 1.71. The maximum atomic E-state index is 12.3. The number of aryl methyl sites for hydroxylation is 4. The second kappa shape index (κ2) is 6.27. The van der Waals surface area contributed by atoms with E-state index in [-0.39, 0.29) is 12.3 Å². The molecule has 3 rings (SSSR count). The van der Waals surface area contributed by atoms with E-state index in [0.29, 0.717) is 17.4 Å². The maximum absolute atomic E-state index is 12.3. The van der Waals surface area contributed by atoms with E-state index >= 15 is 0 Å². The van der Waals surface area contributed by atoms with Gasteiger partial charge in [-0.25, -0.2) is 0 Å². The molecule has 2 aromatic heterocycles. The lowest BCUT2D eigenvalue weighted by Gasteiger charge is -2.12. The van der Waals surface area contributed by atoms with Crippen LogP contribution in [0.25, 0.3) is 11.6 Å². The highest BCUT2D eigenvalue weighted by atomic mass is 16.5. The van der Waals surface area contributed by atoms with Crippen LogP contribution in [0.5, 0.6) is 0 Å². The SMILES string of the molecule is Cc1cc(C)c(NC(=O)Cc2noc(-c3cc(C)[nH]n3)n2)c(C)c1. The summed E-state index contributed by atoms with van der Waals surface area (Å²) in [6, 6.07) is 5.88. The molecule has 0 aliphatic rings. The number of aromatic amines is 1. The number of benzene rings is 1. The summed E-state index contributed by atoms with van der Waals surface area (Å²) in [6.07, 6.45) is 0.0413. The fourth-order valence-electron chi connectivity index (χ4n) is 2.66. The molecule has 1 amide bonds. The van der Waals surface area contributed by atoms with Gasteiger partial charge >= 0.3 is 0 Å². The highest BCUT2D eigenvalue weighted by Gasteiger charge is 2.15. The largest absolute Gasteiger partial charge is 0.332 e. The Bertz CT molecular complexity index is 871. The van der Waals surface area contributed by atoms with Gasteiger partial charge in [-0.3, -0.25) is 9.89 Å². The van der Waals surface area contributed by atoms with Crippen molar-refractivity contribution in [3.05, 3.63) is 46.4 Å². The summed E-state index contributed by atoms with van der Waals surface area (Å²) in [4.78, 5) is 16.5. The Labute approximate surface area is 139 Å². The van der Waals surface area contributed by atoms with Gasteiger partial charge in [0.15, 0.2) is 11.5 Å². The number of rotatable bonds is 4. The lowest BCUT2D eigenvalue weighted by atomic mass is 10.1. The topological polar surface area (TPSA) is 96.7 Å². The van der Waals surface area contributed by atoms with Crippen molar-refractivity contribution in [3.63, 3.8) is 0 Å². The van der Waals surface area contributed by atoms with Crippen LogP contribution in [0, 0.1) is 27.7 Å². The molecule has 124 valence electrons. The van der Waals surface area contributed by atoms with E-state index in [1.807, 2.05) is 39.8 Å². The predicted octanol–water partition coefficient (Wildman–Crippen LogP) is 2.87. The van der Waals surface area contributed by atoms with Crippen LogP contribution in [0.1, 0.15) is 28.2 Å². The van der Waals surface area contributed by atoms with E-state index in [2.05, 4.69) is 25.7 Å². The average molecular weight is 325 g/mol. The number of hydrogen-bond donors (Lipinski definition) is 2. The van der Waals surface area contributed by atoms with Crippen LogP contribution in [-0.2, 0) is 11.2 Å². The third-order valence-electron chi connectivity index (χ3n) is 3.65. The van der Waals surface area contributed by atoms with E-state index in [9.17, 15) is 4.79 Å². The zero-order valence-corrected chi connectivity index (χ0v) is 14.1. The van der Waals surface area contributed by atoms with Gasteiger partial charge in [-0.2, -0.15) is 10.1 Å². The number of amides is 1. The fraction of sp³-hybridized carbons (Fsp3) is 0.294. The molecule has 0 unspecified atom stereocenters.